The normalized spacial score (nSPS) is 10.1. The number of rotatable bonds is 4. The van der Waals surface area contributed by atoms with Gasteiger partial charge >= 0.3 is 0 Å². The number of carbonyl (C=O) groups excluding carboxylic acids is 2. The van der Waals surface area contributed by atoms with Crippen molar-refractivity contribution in [2.24, 2.45) is 0 Å². The van der Waals surface area contributed by atoms with Crippen LogP contribution in [0.5, 0.6) is 0 Å². The third-order valence-electron chi connectivity index (χ3n) is 2.33. The first-order chi connectivity index (χ1) is 7.91. The molecule has 0 bridgehead atoms. The maximum atomic E-state index is 13.5. The molecule has 0 N–H and O–H groups in total. The van der Waals surface area contributed by atoms with Crippen LogP contribution in [0.3, 0.4) is 0 Å². The standard InChI is InChI=1S/C12H13BrFNO2/c1-8(16)3-6-12(17)15(2)11-7-9(13)4-5-10(11)14/h4-5,7H,3,6H2,1-2H3. The number of halogens is 2. The molecule has 17 heavy (non-hydrogen) atoms. The molecule has 0 aliphatic heterocycles. The molecule has 0 saturated carbocycles. The van der Waals surface area contributed by atoms with Gasteiger partial charge in [0.1, 0.15) is 11.6 Å². The van der Waals surface area contributed by atoms with Crippen molar-refractivity contribution >= 4 is 33.3 Å². The van der Waals surface area contributed by atoms with E-state index in [1.54, 1.807) is 6.07 Å². The van der Waals surface area contributed by atoms with E-state index in [0.717, 1.165) is 0 Å². The van der Waals surface area contributed by atoms with Gasteiger partial charge in [0, 0.05) is 24.4 Å². The van der Waals surface area contributed by atoms with Gasteiger partial charge in [-0.05, 0) is 25.1 Å². The van der Waals surface area contributed by atoms with Gasteiger partial charge in [0.15, 0.2) is 0 Å². The molecule has 0 radical (unpaired) electrons. The van der Waals surface area contributed by atoms with E-state index in [4.69, 9.17) is 0 Å². The molecule has 0 heterocycles. The Balaban J connectivity index is 2.81. The summed E-state index contributed by atoms with van der Waals surface area (Å²) in [4.78, 5) is 23.7. The maximum Gasteiger partial charge on any atom is 0.227 e. The SMILES string of the molecule is CC(=O)CCC(=O)N(C)c1cc(Br)ccc1F. The van der Waals surface area contributed by atoms with Crippen LogP contribution in [0.25, 0.3) is 0 Å². The van der Waals surface area contributed by atoms with E-state index < -0.39 is 5.82 Å². The molecule has 1 aromatic rings. The van der Waals surface area contributed by atoms with E-state index in [1.807, 2.05) is 0 Å². The topological polar surface area (TPSA) is 37.4 Å². The van der Waals surface area contributed by atoms with E-state index in [2.05, 4.69) is 15.9 Å². The average Bonchev–Trinajstić information content (AvgIpc) is 2.28. The largest absolute Gasteiger partial charge is 0.313 e. The fourth-order valence-corrected chi connectivity index (χ4v) is 1.68. The van der Waals surface area contributed by atoms with Gasteiger partial charge in [-0.3, -0.25) is 4.79 Å². The summed E-state index contributed by atoms with van der Waals surface area (Å²) >= 11 is 3.22. The Labute approximate surface area is 108 Å². The molecular weight excluding hydrogens is 289 g/mol. The summed E-state index contributed by atoms with van der Waals surface area (Å²) in [5.74, 6) is -0.800. The highest BCUT2D eigenvalue weighted by atomic mass is 79.9. The lowest BCUT2D eigenvalue weighted by atomic mass is 10.2. The second-order valence-electron chi connectivity index (χ2n) is 3.75. The van der Waals surface area contributed by atoms with Crippen molar-refractivity contribution in [3.05, 3.63) is 28.5 Å². The van der Waals surface area contributed by atoms with Gasteiger partial charge < -0.3 is 9.69 Å². The molecule has 0 atom stereocenters. The van der Waals surface area contributed by atoms with Crippen molar-refractivity contribution in [3.8, 4) is 0 Å². The molecule has 1 amide bonds. The van der Waals surface area contributed by atoms with Crippen molar-refractivity contribution in [2.75, 3.05) is 11.9 Å². The zero-order chi connectivity index (χ0) is 13.0. The first kappa shape index (κ1) is 13.8. The molecule has 1 rings (SSSR count). The fraction of sp³-hybridized carbons (Fsp3) is 0.333. The fourth-order valence-electron chi connectivity index (χ4n) is 1.33. The molecular formula is C12H13BrFNO2. The summed E-state index contributed by atoms with van der Waals surface area (Å²) in [7, 11) is 1.49. The highest BCUT2D eigenvalue weighted by Gasteiger charge is 2.15. The van der Waals surface area contributed by atoms with E-state index in [1.165, 1.54) is 31.0 Å². The second kappa shape index (κ2) is 5.91. The molecule has 1 aromatic carbocycles. The molecule has 0 fully saturated rings. The highest BCUT2D eigenvalue weighted by Crippen LogP contribution is 2.23. The van der Waals surface area contributed by atoms with Crippen LogP contribution < -0.4 is 4.90 Å². The van der Waals surface area contributed by atoms with Gasteiger partial charge in [-0.15, -0.1) is 0 Å². The Hall–Kier alpha value is -1.23. The second-order valence-corrected chi connectivity index (χ2v) is 4.67. The smallest absolute Gasteiger partial charge is 0.227 e. The quantitative estimate of drug-likeness (QED) is 0.857. The van der Waals surface area contributed by atoms with Gasteiger partial charge in [0.2, 0.25) is 5.91 Å². The van der Waals surface area contributed by atoms with E-state index in [9.17, 15) is 14.0 Å². The summed E-state index contributed by atoms with van der Waals surface area (Å²) < 4.78 is 14.2. The third-order valence-corrected chi connectivity index (χ3v) is 2.83. The molecule has 0 unspecified atom stereocenters. The third kappa shape index (κ3) is 3.93. The number of ketones is 1. The van der Waals surface area contributed by atoms with E-state index >= 15 is 0 Å². The van der Waals surface area contributed by atoms with Gasteiger partial charge in [-0.2, -0.15) is 0 Å². The molecule has 0 aliphatic carbocycles. The molecule has 3 nitrogen and oxygen atoms in total. The minimum Gasteiger partial charge on any atom is -0.313 e. The van der Waals surface area contributed by atoms with E-state index in [0.29, 0.717) is 4.47 Å². The van der Waals surface area contributed by atoms with Gasteiger partial charge in [0.05, 0.1) is 5.69 Å². The maximum absolute atomic E-state index is 13.5. The lowest BCUT2D eigenvalue weighted by Crippen LogP contribution is -2.27. The summed E-state index contributed by atoms with van der Waals surface area (Å²) in [6.45, 7) is 1.42. The first-order valence-corrected chi connectivity index (χ1v) is 5.92. The number of benzene rings is 1. The highest BCUT2D eigenvalue weighted by molar-refractivity contribution is 9.10. The molecule has 0 aromatic heterocycles. The number of hydrogen-bond acceptors (Lipinski definition) is 2. The van der Waals surface area contributed by atoms with Crippen molar-refractivity contribution in [1.82, 2.24) is 0 Å². The zero-order valence-electron chi connectivity index (χ0n) is 9.67. The minimum atomic E-state index is -0.466. The number of nitrogens with zero attached hydrogens (tertiary/aromatic N) is 1. The van der Waals surface area contributed by atoms with Crippen LogP contribution in [0.15, 0.2) is 22.7 Å². The predicted molar refractivity (Wildman–Crippen MR) is 67.4 cm³/mol. The van der Waals surface area contributed by atoms with Crippen molar-refractivity contribution in [3.63, 3.8) is 0 Å². The van der Waals surface area contributed by atoms with Crippen LogP contribution >= 0.6 is 15.9 Å². The molecule has 0 aliphatic rings. The Morgan fingerprint density at radius 2 is 2.00 bits per heavy atom. The molecule has 0 spiro atoms. The monoisotopic (exact) mass is 301 g/mol. The zero-order valence-corrected chi connectivity index (χ0v) is 11.3. The Kier molecular flexibility index (Phi) is 4.81. The Morgan fingerprint density at radius 1 is 1.35 bits per heavy atom. The Morgan fingerprint density at radius 3 is 2.59 bits per heavy atom. The van der Waals surface area contributed by atoms with Crippen LogP contribution in [0.2, 0.25) is 0 Å². The Bertz CT molecular complexity index is 448. The summed E-state index contributed by atoms with van der Waals surface area (Å²) in [6, 6.07) is 4.38. The molecule has 0 saturated heterocycles. The van der Waals surface area contributed by atoms with Gasteiger partial charge in [-0.25, -0.2) is 4.39 Å². The summed E-state index contributed by atoms with van der Waals surface area (Å²) in [5, 5.41) is 0. The number of hydrogen-bond donors (Lipinski definition) is 0. The van der Waals surface area contributed by atoms with Crippen LogP contribution in [0, 0.1) is 5.82 Å². The van der Waals surface area contributed by atoms with Gasteiger partial charge in [0.25, 0.3) is 0 Å². The van der Waals surface area contributed by atoms with Crippen LogP contribution in [-0.2, 0) is 9.59 Å². The number of carbonyl (C=O) groups is 2. The first-order valence-electron chi connectivity index (χ1n) is 5.13. The van der Waals surface area contributed by atoms with E-state index in [-0.39, 0.29) is 30.2 Å². The summed E-state index contributed by atoms with van der Waals surface area (Å²) in [5.41, 5.74) is 0.202. The van der Waals surface area contributed by atoms with Crippen LogP contribution in [0.1, 0.15) is 19.8 Å². The molecule has 92 valence electrons. The van der Waals surface area contributed by atoms with Crippen LogP contribution in [0.4, 0.5) is 10.1 Å². The average molecular weight is 302 g/mol. The lowest BCUT2D eigenvalue weighted by Gasteiger charge is -2.18. The lowest BCUT2D eigenvalue weighted by molar-refractivity contribution is -0.122. The number of Topliss-reactive ketones (excluding diaryl/α,β-unsaturated/α-hetero) is 1. The number of anilines is 1. The van der Waals surface area contributed by atoms with Crippen molar-refractivity contribution in [2.45, 2.75) is 19.8 Å². The summed E-state index contributed by atoms with van der Waals surface area (Å²) in [6.07, 6.45) is 0.274. The number of amides is 1. The van der Waals surface area contributed by atoms with Crippen molar-refractivity contribution < 1.29 is 14.0 Å². The minimum absolute atomic E-state index is 0.0542. The van der Waals surface area contributed by atoms with Crippen molar-refractivity contribution in [1.29, 1.82) is 0 Å². The predicted octanol–water partition coefficient (Wildman–Crippen LogP) is 2.92. The van der Waals surface area contributed by atoms with Crippen LogP contribution in [-0.4, -0.2) is 18.7 Å². The van der Waals surface area contributed by atoms with Gasteiger partial charge in [-0.1, -0.05) is 15.9 Å². The molecule has 5 heteroatoms.